The Kier molecular flexibility index (Phi) is 4.36. The smallest absolute Gasteiger partial charge is 0.178 e. The van der Waals surface area contributed by atoms with Crippen LogP contribution in [-0.4, -0.2) is 41.9 Å². The lowest BCUT2D eigenvalue weighted by molar-refractivity contribution is 0.355. The van der Waals surface area contributed by atoms with Crippen LogP contribution in [0.15, 0.2) is 24.3 Å². The van der Waals surface area contributed by atoms with E-state index in [0.29, 0.717) is 16.7 Å². The van der Waals surface area contributed by atoms with Gasteiger partial charge in [0.05, 0.1) is 31.3 Å². The Morgan fingerprint density at radius 1 is 1.04 bits per heavy atom. The topological polar surface area (TPSA) is 51.9 Å². The van der Waals surface area contributed by atoms with Crippen LogP contribution in [0, 0.1) is 6.92 Å². The quantitative estimate of drug-likeness (QED) is 0.693. The first-order valence-electron chi connectivity index (χ1n) is 8.65. The Morgan fingerprint density at radius 3 is 2.46 bits per heavy atom. The fourth-order valence-electron chi connectivity index (χ4n) is 3.59. The number of rotatable bonds is 4. The van der Waals surface area contributed by atoms with Crippen LogP contribution in [0.1, 0.15) is 18.5 Å². The molecule has 1 aromatic carbocycles. The van der Waals surface area contributed by atoms with Crippen LogP contribution >= 0.6 is 11.6 Å². The highest BCUT2D eigenvalue weighted by Crippen LogP contribution is 2.36. The minimum absolute atomic E-state index is 0.457. The molecule has 0 unspecified atom stereocenters. The van der Waals surface area contributed by atoms with Gasteiger partial charge in [-0.2, -0.15) is 5.10 Å². The van der Waals surface area contributed by atoms with Crippen molar-refractivity contribution < 1.29 is 9.47 Å². The van der Waals surface area contributed by atoms with Crippen molar-refractivity contribution in [2.24, 2.45) is 0 Å². The molecule has 0 aliphatic carbocycles. The Morgan fingerprint density at radius 2 is 1.77 bits per heavy atom. The molecule has 0 amide bonds. The monoisotopic (exact) mass is 372 g/mol. The van der Waals surface area contributed by atoms with Gasteiger partial charge in [0.25, 0.3) is 0 Å². The second-order valence-electron chi connectivity index (χ2n) is 6.40. The molecule has 0 radical (unpaired) electrons. The van der Waals surface area contributed by atoms with Crippen LogP contribution < -0.4 is 14.4 Å². The van der Waals surface area contributed by atoms with Crippen LogP contribution in [-0.2, 0) is 0 Å². The summed E-state index contributed by atoms with van der Waals surface area (Å²) in [7, 11) is 3.25. The molecule has 0 bridgehead atoms. The summed E-state index contributed by atoms with van der Waals surface area (Å²) in [6.45, 7) is 4.03. The number of aromatic nitrogens is 3. The van der Waals surface area contributed by atoms with Crippen molar-refractivity contribution >= 4 is 22.9 Å². The highest BCUT2D eigenvalue weighted by Gasteiger charge is 2.22. The van der Waals surface area contributed by atoms with E-state index in [1.165, 1.54) is 12.8 Å². The molecule has 7 heteroatoms. The molecular formula is C19H21ClN4O2. The molecule has 0 atom stereocenters. The number of imidazole rings is 1. The summed E-state index contributed by atoms with van der Waals surface area (Å²) >= 11 is 6.35. The first kappa shape index (κ1) is 17.0. The van der Waals surface area contributed by atoms with E-state index in [2.05, 4.69) is 10.00 Å². The van der Waals surface area contributed by atoms with Crippen molar-refractivity contribution in [2.45, 2.75) is 19.8 Å². The Labute approximate surface area is 157 Å². The molecule has 6 nitrogen and oxygen atoms in total. The molecule has 0 saturated carbocycles. The third kappa shape index (κ3) is 2.74. The van der Waals surface area contributed by atoms with Gasteiger partial charge in [-0.15, -0.1) is 0 Å². The number of anilines is 1. The average Bonchev–Trinajstić information content (AvgIpc) is 3.28. The van der Waals surface area contributed by atoms with Crippen molar-refractivity contribution in [2.75, 3.05) is 32.2 Å². The second kappa shape index (κ2) is 6.68. The van der Waals surface area contributed by atoms with E-state index in [1.54, 1.807) is 14.2 Å². The predicted octanol–water partition coefficient (Wildman–Crippen LogP) is 3.98. The lowest BCUT2D eigenvalue weighted by atomic mass is 10.1. The summed E-state index contributed by atoms with van der Waals surface area (Å²) in [6, 6.07) is 7.72. The van der Waals surface area contributed by atoms with Gasteiger partial charge in [0.1, 0.15) is 0 Å². The summed E-state index contributed by atoms with van der Waals surface area (Å²) in [5.41, 5.74) is 4.63. The van der Waals surface area contributed by atoms with Gasteiger partial charge < -0.3 is 14.4 Å². The molecule has 1 aliphatic rings. The van der Waals surface area contributed by atoms with Crippen LogP contribution in [0.4, 0.5) is 5.69 Å². The third-order valence-corrected chi connectivity index (χ3v) is 5.00. The zero-order chi connectivity index (χ0) is 18.3. The van der Waals surface area contributed by atoms with Crippen molar-refractivity contribution in [3.8, 4) is 22.8 Å². The number of nitrogens with zero attached hydrogens (tertiary/aromatic N) is 4. The van der Waals surface area contributed by atoms with Gasteiger partial charge in [-0.1, -0.05) is 11.6 Å². The van der Waals surface area contributed by atoms with Crippen molar-refractivity contribution in [1.29, 1.82) is 0 Å². The number of hydrogen-bond donors (Lipinski definition) is 0. The number of aryl methyl sites for hydroxylation is 1. The summed E-state index contributed by atoms with van der Waals surface area (Å²) in [5, 5.41) is 4.98. The Bertz CT molecular complexity index is 964. The summed E-state index contributed by atoms with van der Waals surface area (Å²) in [4.78, 5) is 7.13. The van der Waals surface area contributed by atoms with Gasteiger partial charge in [0.15, 0.2) is 22.3 Å². The Hall–Kier alpha value is -2.47. The zero-order valence-electron chi connectivity index (χ0n) is 15.1. The fourth-order valence-corrected chi connectivity index (χ4v) is 3.77. The van der Waals surface area contributed by atoms with E-state index in [4.69, 9.17) is 26.1 Å². The van der Waals surface area contributed by atoms with Gasteiger partial charge >= 0.3 is 0 Å². The van der Waals surface area contributed by atoms with Crippen molar-refractivity contribution in [3.63, 3.8) is 0 Å². The minimum atomic E-state index is 0.457. The van der Waals surface area contributed by atoms with Gasteiger partial charge in [-0.05, 0) is 38.0 Å². The van der Waals surface area contributed by atoms with Crippen LogP contribution in [0.3, 0.4) is 0 Å². The van der Waals surface area contributed by atoms with Gasteiger partial charge in [-0.3, -0.25) is 0 Å². The second-order valence-corrected chi connectivity index (χ2v) is 6.78. The fraction of sp³-hybridized carbons (Fsp3) is 0.368. The number of fused-ring (bicyclic) bond motifs is 1. The normalized spacial score (nSPS) is 14.2. The maximum atomic E-state index is 6.35. The van der Waals surface area contributed by atoms with E-state index >= 15 is 0 Å². The summed E-state index contributed by atoms with van der Waals surface area (Å²) < 4.78 is 12.6. The number of ether oxygens (including phenoxy) is 2. The molecular weight excluding hydrogens is 352 g/mol. The van der Waals surface area contributed by atoms with Gasteiger partial charge in [0, 0.05) is 24.7 Å². The molecule has 4 rings (SSSR count). The van der Waals surface area contributed by atoms with E-state index < -0.39 is 0 Å². The van der Waals surface area contributed by atoms with Crippen molar-refractivity contribution in [1.82, 2.24) is 14.6 Å². The number of benzene rings is 1. The molecule has 26 heavy (non-hydrogen) atoms. The third-order valence-electron chi connectivity index (χ3n) is 4.81. The van der Waals surface area contributed by atoms with E-state index in [-0.39, 0.29) is 0 Å². The van der Waals surface area contributed by atoms with Crippen LogP contribution in [0.25, 0.3) is 16.9 Å². The van der Waals surface area contributed by atoms with Crippen molar-refractivity contribution in [3.05, 3.63) is 35.1 Å². The number of hydrogen-bond acceptors (Lipinski definition) is 5. The van der Waals surface area contributed by atoms with E-state index in [1.807, 2.05) is 35.7 Å². The molecule has 1 fully saturated rings. The lowest BCUT2D eigenvalue weighted by Crippen LogP contribution is -2.19. The van der Waals surface area contributed by atoms with Crippen LogP contribution in [0.5, 0.6) is 11.5 Å². The minimum Gasteiger partial charge on any atom is -0.493 e. The molecule has 2 aromatic heterocycles. The zero-order valence-corrected chi connectivity index (χ0v) is 15.9. The first-order valence-corrected chi connectivity index (χ1v) is 9.03. The molecule has 3 aromatic rings. The summed E-state index contributed by atoms with van der Waals surface area (Å²) in [6.07, 6.45) is 2.38. The predicted molar refractivity (Wildman–Crippen MR) is 103 cm³/mol. The SMILES string of the molecule is COc1ccc(-c2c(C)nc3c(N4CCCC4)cc(Cl)nn23)cc1OC. The molecule has 3 heterocycles. The van der Waals surface area contributed by atoms with Gasteiger partial charge in [0.2, 0.25) is 0 Å². The highest BCUT2D eigenvalue weighted by molar-refractivity contribution is 6.29. The standard InChI is InChI=1S/C19H21ClN4O2/c1-12-18(13-6-7-15(25-2)16(10-13)26-3)24-19(21-12)14(11-17(20)22-24)23-8-4-5-9-23/h6-7,10-11H,4-5,8-9H2,1-3H3. The molecule has 1 aliphatic heterocycles. The molecule has 1 saturated heterocycles. The van der Waals surface area contributed by atoms with E-state index in [0.717, 1.165) is 41.4 Å². The largest absolute Gasteiger partial charge is 0.493 e. The molecule has 0 N–H and O–H groups in total. The van der Waals surface area contributed by atoms with Crippen LogP contribution in [0.2, 0.25) is 5.15 Å². The number of methoxy groups -OCH3 is 2. The summed E-state index contributed by atoms with van der Waals surface area (Å²) in [5.74, 6) is 1.35. The highest BCUT2D eigenvalue weighted by atomic mass is 35.5. The lowest BCUT2D eigenvalue weighted by Gasteiger charge is -2.18. The molecule has 136 valence electrons. The number of halogens is 1. The van der Waals surface area contributed by atoms with Gasteiger partial charge in [-0.25, -0.2) is 9.50 Å². The molecule has 0 spiro atoms. The van der Waals surface area contributed by atoms with E-state index in [9.17, 15) is 0 Å². The maximum Gasteiger partial charge on any atom is 0.178 e. The average molecular weight is 373 g/mol. The Balaban J connectivity index is 1.92. The maximum absolute atomic E-state index is 6.35. The first-order chi connectivity index (χ1) is 12.6.